The van der Waals surface area contributed by atoms with Crippen LogP contribution in [0, 0.1) is 0 Å². The predicted molar refractivity (Wildman–Crippen MR) is 131 cm³/mol. The SMILES string of the molecule is O=c1[nH][nH]c(=O)c2c1nc(C1CCCCC1)n2Cc1ccc(-c2ccccc2-c2nn[nH]n2)cc1. The van der Waals surface area contributed by atoms with Crippen LogP contribution in [0.1, 0.15) is 49.4 Å². The molecule has 3 heterocycles. The van der Waals surface area contributed by atoms with Crippen LogP contribution in [0.4, 0.5) is 0 Å². The Bertz CT molecular complexity index is 1590. The lowest BCUT2D eigenvalue weighted by molar-refractivity contribution is 0.420. The highest BCUT2D eigenvalue weighted by Gasteiger charge is 2.25. The number of hydrogen-bond acceptors (Lipinski definition) is 6. The number of aromatic nitrogens is 8. The van der Waals surface area contributed by atoms with Gasteiger partial charge in [0.15, 0.2) is 5.52 Å². The number of tetrazole rings is 1. The molecule has 2 aromatic carbocycles. The number of H-pyrrole nitrogens is 3. The summed E-state index contributed by atoms with van der Waals surface area (Å²) < 4.78 is 1.93. The maximum atomic E-state index is 12.7. The molecule has 1 fully saturated rings. The van der Waals surface area contributed by atoms with Gasteiger partial charge >= 0.3 is 0 Å². The van der Waals surface area contributed by atoms with E-state index in [1.807, 2.05) is 53.1 Å². The number of benzene rings is 2. The molecule has 1 saturated carbocycles. The van der Waals surface area contributed by atoms with Gasteiger partial charge < -0.3 is 4.57 Å². The summed E-state index contributed by atoms with van der Waals surface area (Å²) in [7, 11) is 0. The first-order chi connectivity index (χ1) is 17.2. The van der Waals surface area contributed by atoms with Gasteiger partial charge in [0.05, 0.1) is 0 Å². The van der Waals surface area contributed by atoms with Crippen LogP contribution in [0.2, 0.25) is 0 Å². The summed E-state index contributed by atoms with van der Waals surface area (Å²) in [6.45, 7) is 0.460. The molecule has 0 atom stereocenters. The molecule has 0 aliphatic heterocycles. The summed E-state index contributed by atoms with van der Waals surface area (Å²) in [5, 5.41) is 19.3. The van der Waals surface area contributed by atoms with Gasteiger partial charge in [0, 0.05) is 18.0 Å². The molecule has 3 N–H and O–H groups in total. The van der Waals surface area contributed by atoms with Crippen LogP contribution in [-0.2, 0) is 6.54 Å². The highest BCUT2D eigenvalue weighted by molar-refractivity contribution is 5.80. The third-order valence-corrected chi connectivity index (χ3v) is 6.81. The summed E-state index contributed by atoms with van der Waals surface area (Å²) in [5.74, 6) is 1.61. The van der Waals surface area contributed by atoms with Crippen molar-refractivity contribution in [2.75, 3.05) is 0 Å². The third-order valence-electron chi connectivity index (χ3n) is 6.81. The second kappa shape index (κ2) is 8.79. The van der Waals surface area contributed by atoms with E-state index in [4.69, 9.17) is 0 Å². The van der Waals surface area contributed by atoms with Crippen molar-refractivity contribution in [1.82, 2.24) is 40.4 Å². The lowest BCUT2D eigenvalue weighted by Crippen LogP contribution is -2.21. The Morgan fingerprint density at radius 3 is 2.37 bits per heavy atom. The van der Waals surface area contributed by atoms with E-state index in [1.165, 1.54) is 6.42 Å². The molecule has 1 aliphatic carbocycles. The van der Waals surface area contributed by atoms with Crippen LogP contribution in [-0.4, -0.2) is 40.4 Å². The molecule has 0 radical (unpaired) electrons. The maximum Gasteiger partial charge on any atom is 0.290 e. The normalized spacial score (nSPS) is 14.5. The number of hydrogen-bond donors (Lipinski definition) is 3. The number of nitrogens with one attached hydrogen (secondary N) is 3. The van der Waals surface area contributed by atoms with Gasteiger partial charge in [-0.05, 0) is 34.7 Å². The van der Waals surface area contributed by atoms with Gasteiger partial charge in [-0.25, -0.2) is 4.98 Å². The van der Waals surface area contributed by atoms with E-state index in [0.717, 1.165) is 53.8 Å². The first kappa shape index (κ1) is 21.2. The van der Waals surface area contributed by atoms with Crippen LogP contribution in [0.5, 0.6) is 0 Å². The van der Waals surface area contributed by atoms with Crippen LogP contribution >= 0.6 is 0 Å². The molecular weight excluding hydrogens is 444 g/mol. The van der Waals surface area contributed by atoms with Crippen molar-refractivity contribution in [3.05, 3.63) is 80.6 Å². The van der Waals surface area contributed by atoms with Gasteiger partial charge in [-0.2, -0.15) is 5.21 Å². The number of nitrogens with zero attached hydrogens (tertiary/aromatic N) is 5. The van der Waals surface area contributed by atoms with E-state index in [0.29, 0.717) is 17.9 Å². The van der Waals surface area contributed by atoms with E-state index in [9.17, 15) is 9.59 Å². The lowest BCUT2D eigenvalue weighted by Gasteiger charge is -2.22. The lowest BCUT2D eigenvalue weighted by atomic mass is 9.88. The standard InChI is InChI=1S/C25H24N8O2/c34-24-20-21(25(35)30-29-24)33(23(26-20)17-6-2-1-3-7-17)14-15-10-12-16(13-11-15)18-8-4-5-9-19(18)22-27-31-32-28-22/h4-5,8-13,17H,1-3,6-7,14H2,(H,29,34)(H,30,35)(H,27,28,31,32). The molecule has 1 aliphatic rings. The van der Waals surface area contributed by atoms with Crippen LogP contribution in [0.15, 0.2) is 58.1 Å². The predicted octanol–water partition coefficient (Wildman–Crippen LogP) is 3.36. The minimum Gasteiger partial charge on any atom is -0.319 e. The highest BCUT2D eigenvalue weighted by atomic mass is 16.1. The minimum atomic E-state index is -0.371. The molecule has 0 saturated heterocycles. The molecule has 6 rings (SSSR count). The maximum absolute atomic E-state index is 12.7. The number of fused-ring (bicyclic) bond motifs is 1. The smallest absolute Gasteiger partial charge is 0.290 e. The van der Waals surface area contributed by atoms with Crippen molar-refractivity contribution in [1.29, 1.82) is 0 Å². The molecule has 0 amide bonds. The van der Waals surface area contributed by atoms with E-state index < -0.39 is 0 Å². The largest absolute Gasteiger partial charge is 0.319 e. The molecule has 10 heteroatoms. The second-order valence-corrected chi connectivity index (χ2v) is 8.97. The summed E-state index contributed by atoms with van der Waals surface area (Å²) in [5.41, 5.74) is 3.76. The zero-order valence-electron chi connectivity index (χ0n) is 19.0. The van der Waals surface area contributed by atoms with Crippen LogP contribution in [0.3, 0.4) is 0 Å². The molecular formula is C25H24N8O2. The van der Waals surface area contributed by atoms with E-state index >= 15 is 0 Å². The van der Waals surface area contributed by atoms with Crippen molar-refractivity contribution in [3.63, 3.8) is 0 Å². The number of imidazole rings is 1. The van der Waals surface area contributed by atoms with E-state index in [2.05, 4.69) is 35.8 Å². The molecule has 5 aromatic rings. The summed E-state index contributed by atoms with van der Waals surface area (Å²) >= 11 is 0. The quantitative estimate of drug-likeness (QED) is 0.362. The highest BCUT2D eigenvalue weighted by Crippen LogP contribution is 2.34. The third kappa shape index (κ3) is 3.86. The Balaban J connectivity index is 1.39. The Kier molecular flexibility index (Phi) is 5.32. The molecule has 10 nitrogen and oxygen atoms in total. The zero-order chi connectivity index (χ0) is 23.8. The van der Waals surface area contributed by atoms with Crippen molar-refractivity contribution >= 4 is 11.0 Å². The first-order valence-corrected chi connectivity index (χ1v) is 11.8. The topological polar surface area (TPSA) is 138 Å². The van der Waals surface area contributed by atoms with Crippen molar-refractivity contribution in [2.45, 2.75) is 44.6 Å². The zero-order valence-corrected chi connectivity index (χ0v) is 19.0. The Labute approximate surface area is 199 Å². The Morgan fingerprint density at radius 1 is 0.886 bits per heavy atom. The van der Waals surface area contributed by atoms with Crippen molar-refractivity contribution < 1.29 is 0 Å². The monoisotopic (exact) mass is 468 g/mol. The van der Waals surface area contributed by atoms with Crippen LogP contribution in [0.25, 0.3) is 33.5 Å². The van der Waals surface area contributed by atoms with Gasteiger partial charge in [0.1, 0.15) is 11.3 Å². The van der Waals surface area contributed by atoms with Gasteiger partial charge in [-0.3, -0.25) is 19.8 Å². The van der Waals surface area contributed by atoms with Crippen molar-refractivity contribution in [3.8, 4) is 22.5 Å². The molecule has 176 valence electrons. The number of rotatable bonds is 5. The fourth-order valence-electron chi connectivity index (χ4n) is 5.10. The van der Waals surface area contributed by atoms with E-state index in [-0.39, 0.29) is 22.6 Å². The Morgan fingerprint density at radius 2 is 1.63 bits per heavy atom. The molecule has 0 spiro atoms. The Hall–Kier alpha value is -4.34. The first-order valence-electron chi connectivity index (χ1n) is 11.8. The second-order valence-electron chi connectivity index (χ2n) is 8.97. The summed E-state index contributed by atoms with van der Waals surface area (Å²) in [6, 6.07) is 16.1. The fraction of sp³-hybridized carbons (Fsp3) is 0.280. The van der Waals surface area contributed by atoms with Crippen LogP contribution < -0.4 is 11.1 Å². The summed E-state index contributed by atoms with van der Waals surface area (Å²) in [6.07, 6.45) is 5.52. The van der Waals surface area contributed by atoms with Gasteiger partial charge in [0.25, 0.3) is 11.1 Å². The molecule has 0 unspecified atom stereocenters. The van der Waals surface area contributed by atoms with Crippen molar-refractivity contribution in [2.24, 2.45) is 0 Å². The molecule has 0 bridgehead atoms. The average Bonchev–Trinajstić information content (AvgIpc) is 3.57. The minimum absolute atomic E-state index is 0.208. The van der Waals surface area contributed by atoms with E-state index in [1.54, 1.807) is 0 Å². The molecule has 3 aromatic heterocycles. The van der Waals surface area contributed by atoms with Gasteiger partial charge in [-0.1, -0.05) is 67.8 Å². The van der Waals surface area contributed by atoms with Gasteiger partial charge in [0.2, 0.25) is 5.82 Å². The van der Waals surface area contributed by atoms with Gasteiger partial charge in [-0.15, -0.1) is 10.2 Å². The fourth-order valence-corrected chi connectivity index (χ4v) is 5.10. The molecule has 35 heavy (non-hydrogen) atoms. The number of aromatic amines is 3. The summed E-state index contributed by atoms with van der Waals surface area (Å²) in [4.78, 5) is 29.8. The average molecular weight is 469 g/mol.